The first-order chi connectivity index (χ1) is 8.50. The molecule has 1 aliphatic rings. The van der Waals surface area contributed by atoms with Gasteiger partial charge in [-0.1, -0.05) is 30.9 Å². The Morgan fingerprint density at radius 3 is 2.67 bits per heavy atom. The minimum absolute atomic E-state index is 0.0777. The van der Waals surface area contributed by atoms with Crippen molar-refractivity contribution in [1.82, 2.24) is 19.7 Å². The normalized spacial score (nSPS) is 17.4. The van der Waals surface area contributed by atoms with Gasteiger partial charge in [0.15, 0.2) is 4.60 Å². The van der Waals surface area contributed by atoms with Gasteiger partial charge in [-0.3, -0.25) is 0 Å². The Balaban J connectivity index is 1.95. The van der Waals surface area contributed by atoms with Gasteiger partial charge >= 0.3 is 0 Å². The average molecular weight is 337 g/mol. The third-order valence-corrected chi connectivity index (χ3v) is 5.66. The van der Waals surface area contributed by atoms with Gasteiger partial charge in [-0.15, -0.1) is 5.10 Å². The number of aryl methyl sites for hydroxylation is 1. The lowest BCUT2D eigenvalue weighted by Crippen LogP contribution is -2.28. The number of hydrogen-bond acceptors (Lipinski definition) is 4. The molecule has 8 heteroatoms. The van der Waals surface area contributed by atoms with Crippen molar-refractivity contribution in [3.8, 4) is 0 Å². The maximum Gasteiger partial charge on any atom is 0.260 e. The molecule has 1 aromatic heterocycles. The predicted molar refractivity (Wildman–Crippen MR) is 70.5 cm³/mol. The molecule has 1 heterocycles. The average Bonchev–Trinajstić information content (AvgIpc) is 2.89. The van der Waals surface area contributed by atoms with E-state index in [9.17, 15) is 8.42 Å². The summed E-state index contributed by atoms with van der Waals surface area (Å²) >= 11 is 3.10. The van der Waals surface area contributed by atoms with Crippen LogP contribution in [0.15, 0.2) is 9.63 Å². The number of nitrogens with zero attached hydrogens (tertiary/aromatic N) is 3. The fraction of sp³-hybridized carbons (Fsp3) is 0.800. The number of nitrogens with one attached hydrogen (secondary N) is 1. The van der Waals surface area contributed by atoms with E-state index in [2.05, 4.69) is 31.0 Å². The van der Waals surface area contributed by atoms with Crippen molar-refractivity contribution in [3.05, 3.63) is 4.60 Å². The van der Waals surface area contributed by atoms with Crippen LogP contribution in [0.3, 0.4) is 0 Å². The number of sulfonamides is 1. The Hall–Kier alpha value is -0.470. The SMILES string of the molecule is Cn1nnc(Br)c1S(=O)(=O)NCCC1CCCC1. The molecule has 0 aliphatic heterocycles. The van der Waals surface area contributed by atoms with Crippen molar-refractivity contribution >= 4 is 26.0 Å². The van der Waals surface area contributed by atoms with Crippen molar-refractivity contribution < 1.29 is 8.42 Å². The number of halogens is 1. The van der Waals surface area contributed by atoms with E-state index in [1.54, 1.807) is 7.05 Å². The quantitative estimate of drug-likeness (QED) is 0.882. The first-order valence-electron chi connectivity index (χ1n) is 6.05. The van der Waals surface area contributed by atoms with Crippen LogP contribution < -0.4 is 4.72 Å². The zero-order chi connectivity index (χ0) is 13.2. The molecule has 6 nitrogen and oxygen atoms in total. The summed E-state index contributed by atoms with van der Waals surface area (Å²) in [4.78, 5) is 0. The van der Waals surface area contributed by atoms with Gasteiger partial charge in [0.25, 0.3) is 10.0 Å². The highest BCUT2D eigenvalue weighted by Gasteiger charge is 2.24. The lowest BCUT2D eigenvalue weighted by molar-refractivity contribution is 0.493. The lowest BCUT2D eigenvalue weighted by atomic mass is 10.1. The topological polar surface area (TPSA) is 76.9 Å². The highest BCUT2D eigenvalue weighted by Crippen LogP contribution is 2.27. The molecular weight excluding hydrogens is 320 g/mol. The van der Waals surface area contributed by atoms with Crippen LogP contribution in [0.5, 0.6) is 0 Å². The molecule has 0 saturated heterocycles. The third-order valence-electron chi connectivity index (χ3n) is 3.31. The summed E-state index contributed by atoms with van der Waals surface area (Å²) in [6.07, 6.45) is 5.89. The van der Waals surface area contributed by atoms with Crippen molar-refractivity contribution in [3.63, 3.8) is 0 Å². The van der Waals surface area contributed by atoms with Gasteiger partial charge in [0.2, 0.25) is 5.03 Å². The largest absolute Gasteiger partial charge is 0.260 e. The maximum absolute atomic E-state index is 12.1. The highest BCUT2D eigenvalue weighted by atomic mass is 79.9. The monoisotopic (exact) mass is 336 g/mol. The van der Waals surface area contributed by atoms with Gasteiger partial charge in [-0.25, -0.2) is 17.8 Å². The fourth-order valence-electron chi connectivity index (χ4n) is 2.37. The number of aromatic nitrogens is 3. The molecule has 1 N–H and O–H groups in total. The van der Waals surface area contributed by atoms with Gasteiger partial charge in [-0.2, -0.15) is 0 Å². The van der Waals surface area contributed by atoms with Crippen LogP contribution in [0.2, 0.25) is 0 Å². The minimum atomic E-state index is -3.53. The Morgan fingerprint density at radius 1 is 1.44 bits per heavy atom. The molecule has 18 heavy (non-hydrogen) atoms. The molecule has 102 valence electrons. The molecule has 0 atom stereocenters. The summed E-state index contributed by atoms with van der Waals surface area (Å²) in [6, 6.07) is 0. The lowest BCUT2D eigenvalue weighted by Gasteiger charge is -2.10. The molecule has 0 radical (unpaired) electrons. The van der Waals surface area contributed by atoms with Crippen LogP contribution in [-0.2, 0) is 17.1 Å². The van der Waals surface area contributed by atoms with E-state index in [0.717, 1.165) is 6.42 Å². The molecule has 0 aromatic carbocycles. The summed E-state index contributed by atoms with van der Waals surface area (Å²) in [6.45, 7) is 0.477. The first-order valence-corrected chi connectivity index (χ1v) is 8.33. The number of rotatable bonds is 5. The summed E-state index contributed by atoms with van der Waals surface area (Å²) in [7, 11) is -1.97. The van der Waals surface area contributed by atoms with Crippen molar-refractivity contribution in [2.75, 3.05) is 6.54 Å². The van der Waals surface area contributed by atoms with E-state index >= 15 is 0 Å². The molecule has 0 unspecified atom stereocenters. The summed E-state index contributed by atoms with van der Waals surface area (Å²) in [5, 5.41) is 7.42. The van der Waals surface area contributed by atoms with Crippen LogP contribution in [-0.4, -0.2) is 30.0 Å². The zero-order valence-electron chi connectivity index (χ0n) is 10.3. The molecule has 1 aromatic rings. The smallest absolute Gasteiger partial charge is 0.235 e. The van der Waals surface area contributed by atoms with Crippen LogP contribution in [0.4, 0.5) is 0 Å². The van der Waals surface area contributed by atoms with E-state index in [0.29, 0.717) is 12.5 Å². The fourth-order valence-corrected chi connectivity index (χ4v) is 4.51. The second-order valence-electron chi connectivity index (χ2n) is 4.65. The zero-order valence-corrected chi connectivity index (χ0v) is 12.7. The Kier molecular flexibility index (Phi) is 4.39. The van der Waals surface area contributed by atoms with Crippen LogP contribution in [0.25, 0.3) is 0 Å². The molecule has 1 aliphatic carbocycles. The molecule has 0 amide bonds. The summed E-state index contributed by atoms with van der Waals surface area (Å²) in [5.41, 5.74) is 0. The number of hydrogen-bond donors (Lipinski definition) is 1. The minimum Gasteiger partial charge on any atom is -0.235 e. The second kappa shape index (κ2) is 5.66. The molecule has 2 rings (SSSR count). The molecule has 1 fully saturated rings. The molecular formula is C10H17BrN4O2S. The van der Waals surface area contributed by atoms with Crippen LogP contribution in [0.1, 0.15) is 32.1 Å². The van der Waals surface area contributed by atoms with Crippen LogP contribution >= 0.6 is 15.9 Å². The maximum atomic E-state index is 12.1. The van der Waals surface area contributed by atoms with Crippen molar-refractivity contribution in [2.24, 2.45) is 13.0 Å². The van der Waals surface area contributed by atoms with E-state index in [-0.39, 0.29) is 9.63 Å². The van der Waals surface area contributed by atoms with Crippen LogP contribution in [0, 0.1) is 5.92 Å². The molecule has 0 spiro atoms. The van der Waals surface area contributed by atoms with Gasteiger partial charge in [0.1, 0.15) is 0 Å². The predicted octanol–water partition coefficient (Wildman–Crippen LogP) is 1.44. The second-order valence-corrected chi connectivity index (χ2v) is 7.08. The standard InChI is InChI=1S/C10H17BrN4O2S/c1-15-10(9(11)13-14-15)18(16,17)12-7-6-8-4-2-3-5-8/h8,12H,2-7H2,1H3. The van der Waals surface area contributed by atoms with Crippen molar-refractivity contribution in [2.45, 2.75) is 37.1 Å². The highest BCUT2D eigenvalue weighted by molar-refractivity contribution is 9.10. The van der Waals surface area contributed by atoms with E-state index in [1.165, 1.54) is 30.4 Å². The third kappa shape index (κ3) is 3.10. The van der Waals surface area contributed by atoms with Crippen molar-refractivity contribution in [1.29, 1.82) is 0 Å². The van der Waals surface area contributed by atoms with Gasteiger partial charge < -0.3 is 0 Å². The first kappa shape index (κ1) is 14.0. The Bertz CT molecular complexity index is 488. The summed E-state index contributed by atoms with van der Waals surface area (Å²) < 4.78 is 28.2. The van der Waals surface area contributed by atoms with Gasteiger partial charge in [-0.05, 0) is 28.3 Å². The Labute approximate surface area is 115 Å². The summed E-state index contributed by atoms with van der Waals surface area (Å²) in [5.74, 6) is 0.667. The molecule has 1 saturated carbocycles. The Morgan fingerprint density at radius 2 is 2.11 bits per heavy atom. The van der Waals surface area contributed by atoms with E-state index < -0.39 is 10.0 Å². The van der Waals surface area contributed by atoms with Gasteiger partial charge in [0, 0.05) is 13.6 Å². The van der Waals surface area contributed by atoms with E-state index in [4.69, 9.17) is 0 Å². The van der Waals surface area contributed by atoms with Gasteiger partial charge in [0.05, 0.1) is 0 Å². The van der Waals surface area contributed by atoms with E-state index in [1.807, 2.05) is 0 Å². The molecule has 0 bridgehead atoms.